The van der Waals surface area contributed by atoms with E-state index in [1.54, 1.807) is 6.20 Å². The molecule has 65 valence electrons. The first-order chi connectivity index (χ1) is 4.93. The summed E-state index contributed by atoms with van der Waals surface area (Å²) in [7, 11) is 4.67. The minimum Gasteiger partial charge on any atom is -0.672 e. The Labute approximate surface area is 82.1 Å². The van der Waals surface area contributed by atoms with Crippen LogP contribution in [0.15, 0.2) is 24.4 Å². The largest absolute Gasteiger partial charge is 0.672 e. The number of pyridine rings is 1. The fourth-order valence-corrected chi connectivity index (χ4v) is 0.503. The van der Waals surface area contributed by atoms with Crippen LogP contribution in [0.5, 0.6) is 0 Å². The van der Waals surface area contributed by atoms with Gasteiger partial charge in [0.2, 0.25) is 0 Å². The Bertz CT molecular complexity index is 158. The second-order valence-corrected chi connectivity index (χ2v) is 1.50. The van der Waals surface area contributed by atoms with Gasteiger partial charge in [0.25, 0.3) is 0 Å². The summed E-state index contributed by atoms with van der Waals surface area (Å²) in [6.45, 7) is 0.279. The van der Waals surface area contributed by atoms with Crippen LogP contribution in [0.2, 0.25) is 0 Å². The standard InChI is InChI=1S/C6H7N2.CH3.ClH.Os/c7-5-6-3-1-2-4-8-6;;;/h1-4,7H,5H2;1H3;1H;/q2*-1;;+1/p-1. The third-order valence-electron chi connectivity index (χ3n) is 0.907. The minimum atomic E-state index is 0. The first-order valence-electron chi connectivity index (χ1n) is 2.61. The van der Waals surface area contributed by atoms with Crippen LogP contribution < -0.4 is 0 Å². The van der Waals surface area contributed by atoms with Gasteiger partial charge < -0.3 is 13.2 Å². The van der Waals surface area contributed by atoms with Gasteiger partial charge in [0.15, 0.2) is 0 Å². The SMILES string of the molecule is [CH3-].[Cl][Os].[NH-]Cc1ccccn1. The smallest absolute Gasteiger partial charge is 0.0270 e. The third kappa shape index (κ3) is 6.43. The number of rotatable bonds is 1. The zero-order valence-electron chi connectivity index (χ0n) is 6.20. The van der Waals surface area contributed by atoms with Crippen LogP contribution in [-0.2, 0) is 24.1 Å². The van der Waals surface area contributed by atoms with Crippen molar-refractivity contribution in [2.75, 3.05) is 0 Å². The number of halogens is 1. The van der Waals surface area contributed by atoms with Crippen LogP contribution in [-0.4, -0.2) is 4.98 Å². The van der Waals surface area contributed by atoms with Crippen molar-refractivity contribution in [3.8, 4) is 0 Å². The second kappa shape index (κ2) is 10.0. The molecule has 0 aliphatic rings. The monoisotopic (exact) mass is 349 g/mol. The number of hydrogen-bond donors (Lipinski definition) is 0. The van der Waals surface area contributed by atoms with E-state index in [-0.39, 0.29) is 14.0 Å². The van der Waals surface area contributed by atoms with Gasteiger partial charge in [-0.05, 0) is 12.1 Å². The molecule has 0 spiro atoms. The summed E-state index contributed by atoms with van der Waals surface area (Å²) in [6, 6.07) is 5.57. The predicted molar refractivity (Wildman–Crippen MR) is 44.5 cm³/mol. The van der Waals surface area contributed by atoms with Crippen LogP contribution in [0.1, 0.15) is 5.69 Å². The van der Waals surface area contributed by atoms with Crippen LogP contribution in [0.25, 0.3) is 5.73 Å². The Morgan fingerprint density at radius 1 is 1.45 bits per heavy atom. The van der Waals surface area contributed by atoms with Gasteiger partial charge in [-0.3, -0.25) is 4.98 Å². The molecular formula is C7H10ClN2Os-2. The molecule has 0 saturated carbocycles. The fourth-order valence-electron chi connectivity index (χ4n) is 0.503. The van der Waals surface area contributed by atoms with Crippen LogP contribution in [0.4, 0.5) is 0 Å². The van der Waals surface area contributed by atoms with E-state index in [1.807, 2.05) is 18.2 Å². The van der Waals surface area contributed by atoms with E-state index in [1.165, 1.54) is 17.6 Å². The van der Waals surface area contributed by atoms with E-state index in [0.29, 0.717) is 0 Å². The molecule has 4 heteroatoms. The first-order valence-corrected chi connectivity index (χ1v) is 5.76. The quantitative estimate of drug-likeness (QED) is 0.720. The molecule has 0 bridgehead atoms. The van der Waals surface area contributed by atoms with E-state index in [4.69, 9.17) is 5.73 Å². The van der Waals surface area contributed by atoms with Crippen molar-refractivity contribution < 1.29 is 17.6 Å². The van der Waals surface area contributed by atoms with E-state index < -0.39 is 0 Å². The molecule has 1 aromatic rings. The van der Waals surface area contributed by atoms with E-state index in [9.17, 15) is 0 Å². The molecule has 0 saturated heterocycles. The average molecular weight is 348 g/mol. The number of hydrogen-bond acceptors (Lipinski definition) is 1. The molecule has 1 aromatic heterocycles. The average Bonchev–Trinajstić information content (AvgIpc) is 2.10. The van der Waals surface area contributed by atoms with Gasteiger partial charge in [0.1, 0.15) is 0 Å². The predicted octanol–water partition coefficient (Wildman–Crippen LogP) is 2.77. The molecule has 0 unspecified atom stereocenters. The summed E-state index contributed by atoms with van der Waals surface area (Å²) in [5.41, 5.74) is 7.71. The molecule has 0 radical (unpaired) electrons. The maximum Gasteiger partial charge on any atom is 0.0270 e. The first kappa shape index (κ1) is 13.6. The van der Waals surface area contributed by atoms with Gasteiger partial charge in [0, 0.05) is 11.9 Å². The molecule has 0 atom stereocenters. The van der Waals surface area contributed by atoms with Crippen LogP contribution in [0, 0.1) is 7.43 Å². The van der Waals surface area contributed by atoms with Crippen molar-refractivity contribution in [1.29, 1.82) is 0 Å². The van der Waals surface area contributed by atoms with Crippen molar-refractivity contribution in [2.45, 2.75) is 6.54 Å². The third-order valence-corrected chi connectivity index (χ3v) is 0.907. The van der Waals surface area contributed by atoms with Gasteiger partial charge >= 0.3 is 27.2 Å². The Morgan fingerprint density at radius 3 is 2.36 bits per heavy atom. The number of aromatic nitrogens is 1. The summed E-state index contributed by atoms with van der Waals surface area (Å²) in [6.07, 6.45) is 1.70. The molecule has 0 fully saturated rings. The van der Waals surface area contributed by atoms with Crippen molar-refractivity contribution in [3.05, 3.63) is 43.3 Å². The van der Waals surface area contributed by atoms with E-state index in [0.717, 1.165) is 5.69 Å². The van der Waals surface area contributed by atoms with E-state index >= 15 is 0 Å². The van der Waals surface area contributed by atoms with E-state index in [2.05, 4.69) is 14.6 Å². The maximum absolute atomic E-state index is 6.88. The Hall–Kier alpha value is 0.0364. The fraction of sp³-hybridized carbons (Fsp3) is 0.143. The summed E-state index contributed by atoms with van der Waals surface area (Å²) in [5.74, 6) is 0. The summed E-state index contributed by atoms with van der Waals surface area (Å²) >= 11 is 1.33. The van der Waals surface area contributed by atoms with Crippen molar-refractivity contribution in [1.82, 2.24) is 4.98 Å². The van der Waals surface area contributed by atoms with Gasteiger partial charge in [-0.1, -0.05) is 6.07 Å². The van der Waals surface area contributed by atoms with Gasteiger partial charge in [-0.2, -0.15) is 0 Å². The molecule has 2 nitrogen and oxygen atoms in total. The summed E-state index contributed by atoms with van der Waals surface area (Å²) < 4.78 is 0. The Balaban J connectivity index is 0. The van der Waals surface area contributed by atoms with Crippen molar-refractivity contribution in [2.24, 2.45) is 0 Å². The molecular weight excluding hydrogens is 338 g/mol. The molecule has 11 heavy (non-hydrogen) atoms. The normalized spacial score (nSPS) is 7.18. The molecule has 0 amide bonds. The molecule has 1 heterocycles. The number of nitrogens with one attached hydrogen (secondary N) is 1. The summed E-state index contributed by atoms with van der Waals surface area (Å²) in [5, 5.41) is 0. The van der Waals surface area contributed by atoms with Crippen LogP contribution >= 0.6 is 9.64 Å². The zero-order chi connectivity index (χ0) is 7.82. The molecule has 0 aromatic carbocycles. The van der Waals surface area contributed by atoms with Crippen molar-refractivity contribution in [3.63, 3.8) is 0 Å². The van der Waals surface area contributed by atoms with Gasteiger partial charge in [-0.15, -0.1) is 6.54 Å². The van der Waals surface area contributed by atoms with Gasteiger partial charge in [-0.25, -0.2) is 0 Å². The zero-order valence-corrected chi connectivity index (χ0v) is 9.49. The molecule has 1 N–H and O–H groups in total. The van der Waals surface area contributed by atoms with Crippen LogP contribution in [0.3, 0.4) is 0 Å². The van der Waals surface area contributed by atoms with Gasteiger partial charge in [0.05, 0.1) is 0 Å². The Kier molecular flexibility index (Phi) is 12.4. The summed E-state index contributed by atoms with van der Waals surface area (Å²) in [4.78, 5) is 3.91. The molecule has 0 aliphatic carbocycles. The molecule has 0 aliphatic heterocycles. The number of nitrogens with zero attached hydrogens (tertiary/aromatic N) is 1. The Morgan fingerprint density at radius 2 is 2.09 bits per heavy atom. The van der Waals surface area contributed by atoms with Crippen molar-refractivity contribution >= 4 is 9.64 Å². The topological polar surface area (TPSA) is 36.7 Å². The minimum absolute atomic E-state index is 0. The molecule has 1 rings (SSSR count). The maximum atomic E-state index is 6.88. The second-order valence-electron chi connectivity index (χ2n) is 1.50.